The minimum atomic E-state index is -0.123. The van der Waals surface area contributed by atoms with Crippen LogP contribution in [-0.4, -0.2) is 10.9 Å². The van der Waals surface area contributed by atoms with Crippen LogP contribution in [0, 0.1) is 0 Å². The molecular formula is C21H18N2OS. The zero-order valence-electron chi connectivity index (χ0n) is 13.7. The first-order valence-electron chi connectivity index (χ1n) is 8.42. The number of hydrogen-bond donors (Lipinski definition) is 1. The largest absolute Gasteiger partial charge is 0.298 e. The predicted octanol–water partition coefficient (Wildman–Crippen LogP) is 4.81. The summed E-state index contributed by atoms with van der Waals surface area (Å²) in [5.74, 6) is -0.123. The Hall–Kier alpha value is -2.72. The van der Waals surface area contributed by atoms with Gasteiger partial charge in [0.2, 0.25) is 0 Å². The first-order chi connectivity index (χ1) is 12.3. The van der Waals surface area contributed by atoms with Gasteiger partial charge in [-0.2, -0.15) is 0 Å². The zero-order chi connectivity index (χ0) is 17.1. The number of nitrogens with one attached hydrogen (secondary N) is 1. The highest BCUT2D eigenvalue weighted by atomic mass is 32.1. The summed E-state index contributed by atoms with van der Waals surface area (Å²) in [6.07, 6.45) is 5.19. The summed E-state index contributed by atoms with van der Waals surface area (Å²) in [7, 11) is 0. The predicted molar refractivity (Wildman–Crippen MR) is 104 cm³/mol. The maximum atomic E-state index is 12.9. The molecule has 0 saturated heterocycles. The Morgan fingerprint density at radius 1 is 1.00 bits per heavy atom. The lowest BCUT2D eigenvalue weighted by atomic mass is 10.0. The van der Waals surface area contributed by atoms with Gasteiger partial charge in [0.05, 0.1) is 5.69 Å². The molecule has 0 spiro atoms. The van der Waals surface area contributed by atoms with Crippen molar-refractivity contribution in [3.63, 3.8) is 0 Å². The van der Waals surface area contributed by atoms with Crippen molar-refractivity contribution in [2.75, 3.05) is 5.32 Å². The number of hydrogen-bond acceptors (Lipinski definition) is 3. The summed E-state index contributed by atoms with van der Waals surface area (Å²) in [6.45, 7) is 0. The number of carbonyl (C=O) groups excluding carboxylic acids is 1. The third-order valence-corrected chi connectivity index (χ3v) is 5.33. The van der Waals surface area contributed by atoms with Crippen LogP contribution in [0.15, 0.2) is 60.7 Å². The Balaban J connectivity index is 1.65. The molecule has 1 aromatic heterocycles. The van der Waals surface area contributed by atoms with E-state index >= 15 is 0 Å². The molecule has 1 heterocycles. The lowest BCUT2D eigenvalue weighted by Crippen LogP contribution is -2.13. The summed E-state index contributed by atoms with van der Waals surface area (Å²) in [4.78, 5) is 18.8. The van der Waals surface area contributed by atoms with Crippen LogP contribution in [0.3, 0.4) is 0 Å². The van der Waals surface area contributed by atoms with Gasteiger partial charge in [0.1, 0.15) is 0 Å². The minimum absolute atomic E-state index is 0.123. The number of carbonyl (C=O) groups is 1. The van der Waals surface area contributed by atoms with E-state index in [2.05, 4.69) is 10.3 Å². The second kappa shape index (κ2) is 7.03. The Bertz CT molecular complexity index is 892. The lowest BCUT2D eigenvalue weighted by molar-refractivity contribution is -0.111. The van der Waals surface area contributed by atoms with Gasteiger partial charge in [0.25, 0.3) is 5.91 Å². The van der Waals surface area contributed by atoms with Gasteiger partial charge in [0, 0.05) is 10.5 Å². The number of aryl methyl sites for hydroxylation is 2. The molecule has 1 amide bonds. The smallest absolute Gasteiger partial charge is 0.258 e. The molecule has 0 aliphatic heterocycles. The van der Waals surface area contributed by atoms with E-state index in [-0.39, 0.29) is 5.91 Å². The summed E-state index contributed by atoms with van der Waals surface area (Å²) in [5.41, 5.74) is 3.68. The van der Waals surface area contributed by atoms with Crippen LogP contribution < -0.4 is 5.32 Å². The van der Waals surface area contributed by atoms with Gasteiger partial charge < -0.3 is 0 Å². The molecule has 3 nitrogen and oxygen atoms in total. The number of rotatable bonds is 4. The lowest BCUT2D eigenvalue weighted by Gasteiger charge is -2.08. The Labute approximate surface area is 151 Å². The molecule has 0 bridgehead atoms. The van der Waals surface area contributed by atoms with Gasteiger partial charge in [-0.3, -0.25) is 10.1 Å². The molecule has 124 valence electrons. The number of anilines is 1. The summed E-state index contributed by atoms with van der Waals surface area (Å²) >= 11 is 1.60. The Kier molecular flexibility index (Phi) is 4.44. The van der Waals surface area contributed by atoms with Crippen molar-refractivity contribution in [3.05, 3.63) is 82.4 Å². The third-order valence-electron chi connectivity index (χ3n) is 4.26. The van der Waals surface area contributed by atoms with Gasteiger partial charge >= 0.3 is 0 Å². The van der Waals surface area contributed by atoms with E-state index in [0.717, 1.165) is 29.7 Å². The van der Waals surface area contributed by atoms with E-state index in [0.29, 0.717) is 10.7 Å². The summed E-state index contributed by atoms with van der Waals surface area (Å²) in [6, 6.07) is 19.6. The highest BCUT2D eigenvalue weighted by Crippen LogP contribution is 2.31. The van der Waals surface area contributed by atoms with E-state index in [4.69, 9.17) is 0 Å². The number of benzene rings is 2. The van der Waals surface area contributed by atoms with Crippen molar-refractivity contribution in [3.8, 4) is 0 Å². The van der Waals surface area contributed by atoms with Gasteiger partial charge in [-0.15, -0.1) is 11.3 Å². The Morgan fingerprint density at radius 2 is 1.72 bits per heavy atom. The fraction of sp³-hybridized carbons (Fsp3) is 0.143. The van der Waals surface area contributed by atoms with E-state index in [1.807, 2.05) is 66.7 Å². The van der Waals surface area contributed by atoms with Gasteiger partial charge in [-0.1, -0.05) is 60.7 Å². The van der Waals surface area contributed by atoms with Crippen LogP contribution in [0.5, 0.6) is 0 Å². The first kappa shape index (κ1) is 15.8. The van der Waals surface area contributed by atoms with E-state index < -0.39 is 0 Å². The molecule has 1 aliphatic carbocycles. The molecule has 0 radical (unpaired) electrons. The average molecular weight is 346 g/mol. The summed E-state index contributed by atoms with van der Waals surface area (Å²) < 4.78 is 0. The van der Waals surface area contributed by atoms with Gasteiger partial charge in [-0.05, 0) is 36.5 Å². The fourth-order valence-electron chi connectivity index (χ4n) is 3.02. The minimum Gasteiger partial charge on any atom is -0.298 e. The molecule has 0 saturated carbocycles. The quantitative estimate of drug-likeness (QED) is 0.544. The zero-order valence-corrected chi connectivity index (χ0v) is 14.6. The molecule has 1 aliphatic rings. The molecule has 2 aromatic carbocycles. The molecule has 1 N–H and O–H groups in total. The second-order valence-corrected chi connectivity index (χ2v) is 7.11. The molecule has 0 unspecified atom stereocenters. The highest BCUT2D eigenvalue weighted by Gasteiger charge is 2.19. The number of amides is 1. The van der Waals surface area contributed by atoms with Crippen LogP contribution >= 0.6 is 11.3 Å². The third kappa shape index (κ3) is 3.54. The topological polar surface area (TPSA) is 42.0 Å². The van der Waals surface area contributed by atoms with Gasteiger partial charge in [0.15, 0.2) is 5.13 Å². The molecule has 3 aromatic rings. The van der Waals surface area contributed by atoms with Crippen molar-refractivity contribution in [2.45, 2.75) is 19.3 Å². The van der Waals surface area contributed by atoms with Crippen molar-refractivity contribution < 1.29 is 4.79 Å². The van der Waals surface area contributed by atoms with E-state index in [1.54, 1.807) is 11.3 Å². The van der Waals surface area contributed by atoms with Crippen molar-refractivity contribution >= 4 is 34.0 Å². The van der Waals surface area contributed by atoms with Crippen LogP contribution in [0.4, 0.5) is 5.13 Å². The highest BCUT2D eigenvalue weighted by molar-refractivity contribution is 7.16. The van der Waals surface area contributed by atoms with Crippen LogP contribution in [0.25, 0.3) is 11.6 Å². The standard InChI is InChI=1S/C21H18N2OS/c24-20(23-21-22-18-12-7-13-19(18)25-21)17(16-10-5-2-6-11-16)14-15-8-3-1-4-9-15/h1-6,8-11,14H,7,12-13H2,(H,22,23,24)/b17-14+. The van der Waals surface area contributed by atoms with E-state index in [1.165, 1.54) is 11.3 Å². The Morgan fingerprint density at radius 3 is 2.44 bits per heavy atom. The monoisotopic (exact) mass is 346 g/mol. The average Bonchev–Trinajstić information content (AvgIpc) is 3.23. The maximum absolute atomic E-state index is 12.9. The number of thiazole rings is 1. The molecule has 4 rings (SSSR count). The van der Waals surface area contributed by atoms with Crippen LogP contribution in [0.2, 0.25) is 0 Å². The second-order valence-electron chi connectivity index (χ2n) is 6.03. The summed E-state index contributed by atoms with van der Waals surface area (Å²) in [5, 5.41) is 3.69. The number of aromatic nitrogens is 1. The number of nitrogens with zero attached hydrogens (tertiary/aromatic N) is 1. The molecule has 0 atom stereocenters. The molecule has 25 heavy (non-hydrogen) atoms. The fourth-order valence-corrected chi connectivity index (χ4v) is 4.07. The van der Waals surface area contributed by atoms with Crippen molar-refractivity contribution in [2.24, 2.45) is 0 Å². The van der Waals surface area contributed by atoms with Crippen LogP contribution in [0.1, 0.15) is 28.1 Å². The van der Waals surface area contributed by atoms with Crippen molar-refractivity contribution in [1.29, 1.82) is 0 Å². The van der Waals surface area contributed by atoms with Crippen LogP contribution in [-0.2, 0) is 17.6 Å². The van der Waals surface area contributed by atoms with E-state index in [9.17, 15) is 4.79 Å². The van der Waals surface area contributed by atoms with Crippen molar-refractivity contribution in [1.82, 2.24) is 4.98 Å². The van der Waals surface area contributed by atoms with Gasteiger partial charge in [-0.25, -0.2) is 4.98 Å². The molecule has 0 fully saturated rings. The maximum Gasteiger partial charge on any atom is 0.258 e. The number of fused-ring (bicyclic) bond motifs is 1. The SMILES string of the molecule is O=C(Nc1nc2c(s1)CCC2)/C(=C/c1ccccc1)c1ccccc1. The normalized spacial score (nSPS) is 13.5. The first-order valence-corrected chi connectivity index (χ1v) is 9.23. The molecular weight excluding hydrogens is 328 g/mol. The molecule has 4 heteroatoms.